The number of nitrogens with zero attached hydrogens (tertiary/aromatic N) is 1. The Labute approximate surface area is 158 Å². The zero-order valence-electron chi connectivity index (χ0n) is 13.6. The average molecular weight is 410 g/mol. The van der Waals surface area contributed by atoms with Crippen molar-refractivity contribution in [1.29, 1.82) is 0 Å². The van der Waals surface area contributed by atoms with E-state index in [4.69, 9.17) is 0 Å². The number of nitro groups is 1. The number of rotatable bonds is 4. The summed E-state index contributed by atoms with van der Waals surface area (Å²) in [6.45, 7) is 0. The second kappa shape index (κ2) is 6.93. The van der Waals surface area contributed by atoms with Crippen molar-refractivity contribution >= 4 is 44.0 Å². The van der Waals surface area contributed by atoms with E-state index in [-0.39, 0.29) is 16.6 Å². The Balaban J connectivity index is 2.05. The molecule has 2 N–H and O–H groups in total. The normalized spacial score (nSPS) is 11.4. The van der Waals surface area contributed by atoms with Crippen LogP contribution in [0.1, 0.15) is 26.3 Å². The predicted molar refractivity (Wildman–Crippen MR) is 94.8 cm³/mol. The Hall–Kier alpha value is -3.47. The molecule has 0 aliphatic rings. The van der Waals surface area contributed by atoms with Crippen LogP contribution in [0.15, 0.2) is 42.5 Å². The highest BCUT2D eigenvalue weighted by molar-refractivity contribution is 7.23. The van der Waals surface area contributed by atoms with E-state index in [0.717, 1.165) is 11.3 Å². The van der Waals surface area contributed by atoms with Gasteiger partial charge in [-0.05, 0) is 18.2 Å². The SMILES string of the molecule is O=C(Nc1sc2ccccc2c1C(=O)O)c1ccc(C(F)(F)F)cc1[N+](=O)[O-]. The van der Waals surface area contributed by atoms with E-state index in [1.165, 1.54) is 6.07 Å². The van der Waals surface area contributed by atoms with Gasteiger partial charge in [-0.2, -0.15) is 13.2 Å². The number of amides is 1. The minimum atomic E-state index is -4.82. The Morgan fingerprint density at radius 2 is 1.82 bits per heavy atom. The van der Waals surface area contributed by atoms with Crippen LogP contribution in [0.2, 0.25) is 0 Å². The van der Waals surface area contributed by atoms with Gasteiger partial charge in [0, 0.05) is 16.2 Å². The first-order valence-electron chi connectivity index (χ1n) is 7.51. The van der Waals surface area contributed by atoms with Crippen molar-refractivity contribution in [2.24, 2.45) is 0 Å². The maximum Gasteiger partial charge on any atom is 0.416 e. The molecule has 0 fully saturated rings. The van der Waals surface area contributed by atoms with Crippen molar-refractivity contribution in [1.82, 2.24) is 0 Å². The van der Waals surface area contributed by atoms with E-state index in [2.05, 4.69) is 5.32 Å². The van der Waals surface area contributed by atoms with Crippen molar-refractivity contribution in [2.45, 2.75) is 6.18 Å². The van der Waals surface area contributed by atoms with Crippen LogP contribution in [-0.4, -0.2) is 21.9 Å². The molecule has 3 aromatic rings. The molecule has 0 atom stereocenters. The van der Waals surface area contributed by atoms with Gasteiger partial charge in [0.2, 0.25) is 0 Å². The van der Waals surface area contributed by atoms with E-state index in [1.54, 1.807) is 18.2 Å². The molecule has 1 aromatic heterocycles. The number of fused-ring (bicyclic) bond motifs is 1. The van der Waals surface area contributed by atoms with Gasteiger partial charge >= 0.3 is 12.1 Å². The molecule has 0 aliphatic heterocycles. The summed E-state index contributed by atoms with van der Waals surface area (Å²) in [5.41, 5.74) is -3.13. The first-order valence-corrected chi connectivity index (χ1v) is 8.33. The number of carbonyl (C=O) groups is 2. The Kier molecular flexibility index (Phi) is 4.77. The summed E-state index contributed by atoms with van der Waals surface area (Å²) in [5, 5.41) is 23.1. The molecule has 0 unspecified atom stereocenters. The predicted octanol–water partition coefficient (Wildman–Crippen LogP) is 4.78. The van der Waals surface area contributed by atoms with Gasteiger partial charge in [0.05, 0.1) is 10.5 Å². The maximum absolute atomic E-state index is 12.8. The fourth-order valence-corrected chi connectivity index (χ4v) is 3.66. The van der Waals surface area contributed by atoms with Gasteiger partial charge in [-0.3, -0.25) is 14.9 Å². The standard InChI is InChI=1S/C17H9F3N2O5S/c18-17(19,20)8-5-6-9(11(7-8)22(26)27)14(23)21-15-13(16(24)25)10-3-1-2-4-12(10)28-15/h1-7H,(H,21,23)(H,24,25). The molecule has 1 amide bonds. The summed E-state index contributed by atoms with van der Waals surface area (Å²) in [6, 6.07) is 7.92. The van der Waals surface area contributed by atoms with Gasteiger partial charge in [-0.15, -0.1) is 11.3 Å². The van der Waals surface area contributed by atoms with Crippen LogP contribution < -0.4 is 5.32 Å². The minimum Gasteiger partial charge on any atom is -0.478 e. The number of alkyl halides is 3. The van der Waals surface area contributed by atoms with Crippen molar-refractivity contribution in [2.75, 3.05) is 5.32 Å². The molecule has 0 bridgehead atoms. The Morgan fingerprint density at radius 1 is 1.14 bits per heavy atom. The van der Waals surface area contributed by atoms with Crippen LogP contribution in [-0.2, 0) is 6.18 Å². The second-order valence-electron chi connectivity index (χ2n) is 5.55. The lowest BCUT2D eigenvalue weighted by Gasteiger charge is -2.09. The molecular weight excluding hydrogens is 401 g/mol. The highest BCUT2D eigenvalue weighted by atomic mass is 32.1. The van der Waals surface area contributed by atoms with Gasteiger partial charge in [0.15, 0.2) is 0 Å². The Bertz CT molecular complexity index is 1120. The van der Waals surface area contributed by atoms with Crippen molar-refractivity contribution < 1.29 is 32.8 Å². The van der Waals surface area contributed by atoms with Gasteiger partial charge in [0.1, 0.15) is 16.1 Å². The number of anilines is 1. The lowest BCUT2D eigenvalue weighted by atomic mass is 10.1. The smallest absolute Gasteiger partial charge is 0.416 e. The summed E-state index contributed by atoms with van der Waals surface area (Å²) >= 11 is 0.934. The van der Waals surface area contributed by atoms with Gasteiger partial charge in [-0.1, -0.05) is 18.2 Å². The summed E-state index contributed by atoms with van der Waals surface area (Å²) < 4.78 is 38.9. The fraction of sp³-hybridized carbons (Fsp3) is 0.0588. The number of nitrogens with one attached hydrogen (secondary N) is 1. The lowest BCUT2D eigenvalue weighted by molar-refractivity contribution is -0.385. The molecular formula is C17H9F3N2O5S. The first kappa shape index (κ1) is 19.3. The number of carboxylic acids is 1. The van der Waals surface area contributed by atoms with Crippen molar-refractivity contribution in [3.8, 4) is 0 Å². The monoisotopic (exact) mass is 410 g/mol. The summed E-state index contributed by atoms with van der Waals surface area (Å²) in [7, 11) is 0. The topological polar surface area (TPSA) is 110 Å². The van der Waals surface area contributed by atoms with Crippen LogP contribution in [0, 0.1) is 10.1 Å². The van der Waals surface area contributed by atoms with Crippen molar-refractivity contribution in [3.05, 3.63) is 69.3 Å². The molecule has 144 valence electrons. The number of aromatic carboxylic acids is 1. The number of nitro benzene ring substituents is 1. The zero-order chi connectivity index (χ0) is 20.6. The second-order valence-corrected chi connectivity index (χ2v) is 6.60. The molecule has 0 spiro atoms. The molecule has 3 rings (SSSR count). The van der Waals surface area contributed by atoms with Gasteiger partial charge in [0.25, 0.3) is 11.6 Å². The summed E-state index contributed by atoms with van der Waals surface area (Å²) in [4.78, 5) is 34.1. The third-order valence-electron chi connectivity index (χ3n) is 3.80. The molecule has 28 heavy (non-hydrogen) atoms. The van der Waals surface area contributed by atoms with Crippen LogP contribution in [0.25, 0.3) is 10.1 Å². The molecule has 7 nitrogen and oxygen atoms in total. The third kappa shape index (κ3) is 3.51. The van der Waals surface area contributed by atoms with E-state index < -0.39 is 39.8 Å². The zero-order valence-corrected chi connectivity index (χ0v) is 14.4. The number of benzene rings is 2. The van der Waals surface area contributed by atoms with Crippen LogP contribution in [0.3, 0.4) is 0 Å². The molecule has 0 aliphatic carbocycles. The van der Waals surface area contributed by atoms with E-state index in [0.29, 0.717) is 22.2 Å². The third-order valence-corrected chi connectivity index (χ3v) is 4.89. The molecule has 0 saturated heterocycles. The highest BCUT2D eigenvalue weighted by Crippen LogP contribution is 2.37. The summed E-state index contributed by atoms with van der Waals surface area (Å²) in [5.74, 6) is -2.41. The Morgan fingerprint density at radius 3 is 2.43 bits per heavy atom. The number of carboxylic acid groups (broad SMARTS) is 1. The molecule has 0 radical (unpaired) electrons. The van der Waals surface area contributed by atoms with Crippen molar-refractivity contribution in [3.63, 3.8) is 0 Å². The van der Waals surface area contributed by atoms with E-state index in [9.17, 15) is 38.0 Å². The quantitative estimate of drug-likeness (QED) is 0.475. The van der Waals surface area contributed by atoms with E-state index in [1.807, 2.05) is 0 Å². The number of hydrogen-bond donors (Lipinski definition) is 2. The maximum atomic E-state index is 12.8. The lowest BCUT2D eigenvalue weighted by Crippen LogP contribution is -2.16. The van der Waals surface area contributed by atoms with Crippen LogP contribution in [0.5, 0.6) is 0 Å². The van der Waals surface area contributed by atoms with E-state index >= 15 is 0 Å². The summed E-state index contributed by atoms with van der Waals surface area (Å²) in [6.07, 6.45) is -4.82. The number of thiophene rings is 1. The largest absolute Gasteiger partial charge is 0.478 e. The molecule has 1 heterocycles. The number of carbonyl (C=O) groups excluding carboxylic acids is 1. The van der Waals surface area contributed by atoms with Crippen LogP contribution >= 0.6 is 11.3 Å². The van der Waals surface area contributed by atoms with Gasteiger partial charge in [-0.25, -0.2) is 4.79 Å². The number of halogens is 3. The average Bonchev–Trinajstić information content (AvgIpc) is 2.98. The molecule has 11 heteroatoms. The highest BCUT2D eigenvalue weighted by Gasteiger charge is 2.34. The minimum absolute atomic E-state index is 0.0760. The molecule has 0 saturated carbocycles. The number of hydrogen-bond acceptors (Lipinski definition) is 5. The van der Waals surface area contributed by atoms with Crippen LogP contribution in [0.4, 0.5) is 23.9 Å². The molecule has 2 aromatic carbocycles. The van der Waals surface area contributed by atoms with Gasteiger partial charge < -0.3 is 10.4 Å². The first-order chi connectivity index (χ1) is 13.1. The fourth-order valence-electron chi connectivity index (χ4n) is 2.57.